The van der Waals surface area contributed by atoms with Crippen LogP contribution in [0, 0.1) is 0 Å². The van der Waals surface area contributed by atoms with Gasteiger partial charge in [0, 0.05) is 19.5 Å². The number of rotatable bonds is 7. The van der Waals surface area contributed by atoms with Crippen molar-refractivity contribution >= 4 is 11.8 Å². The van der Waals surface area contributed by atoms with E-state index in [1.165, 1.54) is 37.4 Å². The summed E-state index contributed by atoms with van der Waals surface area (Å²) in [5.74, 6) is -0.247. The minimum atomic E-state index is -0.219. The second kappa shape index (κ2) is 8.29. The molecule has 0 bridgehead atoms. The minimum Gasteiger partial charge on any atom is -0.472 e. The Bertz CT molecular complexity index is 492. The van der Waals surface area contributed by atoms with E-state index >= 15 is 0 Å². The lowest BCUT2D eigenvalue weighted by molar-refractivity contribution is -0.120. The highest BCUT2D eigenvalue weighted by Crippen LogP contribution is 2.19. The summed E-state index contributed by atoms with van der Waals surface area (Å²) in [6.45, 7) is 1.01. The van der Waals surface area contributed by atoms with Crippen molar-refractivity contribution in [1.29, 1.82) is 0 Å². The third-order valence-corrected chi connectivity index (χ3v) is 3.57. The van der Waals surface area contributed by atoms with Crippen LogP contribution in [-0.4, -0.2) is 24.9 Å². The number of furan rings is 1. The Kier molecular flexibility index (Phi) is 6.06. The standard InChI is InChI=1S/C16H22N2O3/c19-15(17-9-6-13-4-2-1-3-5-13)7-10-18-16(20)14-8-11-21-12-14/h4,8,11-12H,1-3,5-7,9-10H2,(H,17,19)(H,18,20). The predicted molar refractivity (Wildman–Crippen MR) is 79.8 cm³/mol. The first-order chi connectivity index (χ1) is 10.3. The molecular weight excluding hydrogens is 268 g/mol. The van der Waals surface area contributed by atoms with Crippen molar-refractivity contribution < 1.29 is 14.0 Å². The molecule has 114 valence electrons. The zero-order chi connectivity index (χ0) is 14.9. The van der Waals surface area contributed by atoms with Gasteiger partial charge in [-0.3, -0.25) is 9.59 Å². The van der Waals surface area contributed by atoms with E-state index in [-0.39, 0.29) is 11.8 Å². The summed E-state index contributed by atoms with van der Waals surface area (Å²) in [5.41, 5.74) is 1.93. The van der Waals surface area contributed by atoms with Crippen molar-refractivity contribution in [2.75, 3.05) is 13.1 Å². The van der Waals surface area contributed by atoms with E-state index in [4.69, 9.17) is 4.42 Å². The van der Waals surface area contributed by atoms with Crippen LogP contribution in [-0.2, 0) is 4.79 Å². The van der Waals surface area contributed by atoms with Crippen LogP contribution >= 0.6 is 0 Å². The number of nitrogens with one attached hydrogen (secondary N) is 2. The van der Waals surface area contributed by atoms with Crippen LogP contribution in [0.2, 0.25) is 0 Å². The first-order valence-electron chi connectivity index (χ1n) is 7.51. The van der Waals surface area contributed by atoms with E-state index in [0.717, 1.165) is 12.8 Å². The normalized spacial score (nSPS) is 14.4. The Morgan fingerprint density at radius 3 is 2.81 bits per heavy atom. The average molecular weight is 290 g/mol. The zero-order valence-electron chi connectivity index (χ0n) is 12.2. The molecule has 1 aromatic rings. The van der Waals surface area contributed by atoms with Crippen LogP contribution in [0.3, 0.4) is 0 Å². The van der Waals surface area contributed by atoms with E-state index in [2.05, 4.69) is 16.7 Å². The molecule has 5 heteroatoms. The lowest BCUT2D eigenvalue weighted by Gasteiger charge is -2.13. The van der Waals surface area contributed by atoms with E-state index < -0.39 is 0 Å². The second-order valence-corrected chi connectivity index (χ2v) is 5.23. The summed E-state index contributed by atoms with van der Waals surface area (Å²) in [6.07, 6.45) is 11.2. The summed E-state index contributed by atoms with van der Waals surface area (Å²) in [7, 11) is 0. The van der Waals surface area contributed by atoms with Crippen LogP contribution in [0.1, 0.15) is 48.9 Å². The number of carbonyl (C=O) groups excluding carboxylic acids is 2. The third kappa shape index (κ3) is 5.45. The van der Waals surface area contributed by atoms with E-state index in [0.29, 0.717) is 25.1 Å². The quantitative estimate of drug-likeness (QED) is 0.757. The summed E-state index contributed by atoms with van der Waals surface area (Å²) >= 11 is 0. The van der Waals surface area contributed by atoms with Crippen molar-refractivity contribution in [3.63, 3.8) is 0 Å². The van der Waals surface area contributed by atoms with Crippen molar-refractivity contribution in [1.82, 2.24) is 10.6 Å². The van der Waals surface area contributed by atoms with Gasteiger partial charge in [0.2, 0.25) is 5.91 Å². The van der Waals surface area contributed by atoms with E-state index in [9.17, 15) is 9.59 Å². The van der Waals surface area contributed by atoms with Gasteiger partial charge in [-0.15, -0.1) is 0 Å². The van der Waals surface area contributed by atoms with Crippen LogP contribution in [0.25, 0.3) is 0 Å². The monoisotopic (exact) mass is 290 g/mol. The van der Waals surface area contributed by atoms with Crippen LogP contribution < -0.4 is 10.6 Å². The van der Waals surface area contributed by atoms with Crippen molar-refractivity contribution in [3.05, 3.63) is 35.8 Å². The number of allylic oxidation sites excluding steroid dienone is 1. The number of hydrogen-bond donors (Lipinski definition) is 2. The molecule has 2 rings (SSSR count). The molecule has 0 radical (unpaired) electrons. The molecule has 0 aliphatic heterocycles. The Morgan fingerprint density at radius 1 is 1.19 bits per heavy atom. The summed E-state index contributed by atoms with van der Waals surface area (Å²) < 4.78 is 4.83. The van der Waals surface area contributed by atoms with Crippen molar-refractivity contribution in [2.24, 2.45) is 0 Å². The maximum absolute atomic E-state index is 11.7. The molecule has 2 N–H and O–H groups in total. The van der Waals surface area contributed by atoms with Gasteiger partial charge in [-0.05, 0) is 38.2 Å². The Morgan fingerprint density at radius 2 is 2.10 bits per heavy atom. The highest BCUT2D eigenvalue weighted by molar-refractivity contribution is 5.93. The van der Waals surface area contributed by atoms with Crippen LogP contribution in [0.5, 0.6) is 0 Å². The van der Waals surface area contributed by atoms with Gasteiger partial charge >= 0.3 is 0 Å². The molecule has 21 heavy (non-hydrogen) atoms. The van der Waals surface area contributed by atoms with Gasteiger partial charge in [0.25, 0.3) is 5.91 Å². The van der Waals surface area contributed by atoms with Crippen molar-refractivity contribution in [2.45, 2.75) is 38.5 Å². The topological polar surface area (TPSA) is 71.3 Å². The maximum atomic E-state index is 11.7. The highest BCUT2D eigenvalue weighted by Gasteiger charge is 2.08. The molecule has 1 heterocycles. The lowest BCUT2D eigenvalue weighted by Crippen LogP contribution is -2.31. The SMILES string of the molecule is O=C(CCNC(=O)c1ccoc1)NCCC1=CCCCC1. The maximum Gasteiger partial charge on any atom is 0.254 e. The Labute approximate surface area is 124 Å². The molecule has 0 unspecified atom stereocenters. The number of carbonyl (C=O) groups is 2. The third-order valence-electron chi connectivity index (χ3n) is 3.57. The van der Waals surface area contributed by atoms with Gasteiger partial charge in [0.05, 0.1) is 11.8 Å². The lowest BCUT2D eigenvalue weighted by atomic mass is 9.97. The minimum absolute atomic E-state index is 0.0288. The van der Waals surface area contributed by atoms with Gasteiger partial charge in [-0.1, -0.05) is 11.6 Å². The first kappa shape index (κ1) is 15.4. The van der Waals surface area contributed by atoms with Gasteiger partial charge in [-0.2, -0.15) is 0 Å². The average Bonchev–Trinajstić information content (AvgIpc) is 3.02. The van der Waals surface area contributed by atoms with Gasteiger partial charge < -0.3 is 15.1 Å². The summed E-state index contributed by atoms with van der Waals surface area (Å²) in [6, 6.07) is 1.59. The molecule has 1 aromatic heterocycles. The summed E-state index contributed by atoms with van der Waals surface area (Å²) in [5, 5.41) is 5.57. The van der Waals surface area contributed by atoms with Crippen LogP contribution in [0.15, 0.2) is 34.7 Å². The predicted octanol–water partition coefficient (Wildman–Crippen LogP) is 2.41. The molecule has 0 saturated carbocycles. The van der Waals surface area contributed by atoms with Crippen LogP contribution in [0.4, 0.5) is 0 Å². The fourth-order valence-electron chi connectivity index (χ4n) is 2.37. The zero-order valence-corrected chi connectivity index (χ0v) is 12.2. The molecule has 1 aliphatic carbocycles. The van der Waals surface area contributed by atoms with Gasteiger partial charge in [0.1, 0.15) is 6.26 Å². The van der Waals surface area contributed by atoms with E-state index in [1.807, 2.05) is 0 Å². The molecule has 1 aliphatic rings. The molecule has 5 nitrogen and oxygen atoms in total. The molecule has 0 atom stereocenters. The summed E-state index contributed by atoms with van der Waals surface area (Å²) in [4.78, 5) is 23.2. The molecule has 0 aromatic carbocycles. The number of hydrogen-bond acceptors (Lipinski definition) is 3. The smallest absolute Gasteiger partial charge is 0.254 e. The van der Waals surface area contributed by atoms with Gasteiger partial charge in [-0.25, -0.2) is 0 Å². The Hall–Kier alpha value is -2.04. The molecule has 0 saturated heterocycles. The van der Waals surface area contributed by atoms with Crippen molar-refractivity contribution in [3.8, 4) is 0 Å². The molecule has 0 fully saturated rings. The molecule has 2 amide bonds. The molecule has 0 spiro atoms. The first-order valence-corrected chi connectivity index (χ1v) is 7.51. The Balaban J connectivity index is 1.55. The number of amides is 2. The molecular formula is C16H22N2O3. The van der Waals surface area contributed by atoms with E-state index in [1.54, 1.807) is 6.07 Å². The largest absolute Gasteiger partial charge is 0.472 e. The fourth-order valence-corrected chi connectivity index (χ4v) is 2.37. The van der Waals surface area contributed by atoms with Gasteiger partial charge in [0.15, 0.2) is 0 Å². The fraction of sp³-hybridized carbons (Fsp3) is 0.500. The highest BCUT2D eigenvalue weighted by atomic mass is 16.3. The second-order valence-electron chi connectivity index (χ2n) is 5.23.